The Kier molecular flexibility index (Phi) is 8.00. The van der Waals surface area contributed by atoms with Crippen LogP contribution in [0.2, 0.25) is 0 Å². The summed E-state index contributed by atoms with van der Waals surface area (Å²) >= 11 is 0. The lowest BCUT2D eigenvalue weighted by Crippen LogP contribution is -2.54. The van der Waals surface area contributed by atoms with Gasteiger partial charge >= 0.3 is 11.9 Å². The summed E-state index contributed by atoms with van der Waals surface area (Å²) in [5, 5.41) is 9.07. The van der Waals surface area contributed by atoms with Crippen LogP contribution in [0.4, 0.5) is 0 Å². The van der Waals surface area contributed by atoms with Crippen LogP contribution in [0.5, 0.6) is 0 Å². The van der Waals surface area contributed by atoms with Gasteiger partial charge in [0.15, 0.2) is 0 Å². The minimum Gasteiger partial charge on any atom is -0.481 e. The number of nitrogens with zero attached hydrogens (tertiary/aromatic N) is 1. The second-order valence-corrected chi connectivity index (χ2v) is 13.0. The van der Waals surface area contributed by atoms with Crippen LogP contribution < -0.4 is 0 Å². The van der Waals surface area contributed by atoms with E-state index in [-0.39, 0.29) is 18.5 Å². The van der Waals surface area contributed by atoms with Gasteiger partial charge in [0.25, 0.3) is 0 Å². The molecule has 0 heterocycles. The number of carboxylic acid groups (broad SMARTS) is 1. The first-order chi connectivity index (χ1) is 16.6. The molecule has 0 aromatic rings. The van der Waals surface area contributed by atoms with Crippen molar-refractivity contribution >= 4 is 18.2 Å². The van der Waals surface area contributed by atoms with Crippen LogP contribution in [0.3, 0.4) is 0 Å². The number of carboxylic acids is 1. The Morgan fingerprint density at radius 2 is 1.74 bits per heavy atom. The maximum absolute atomic E-state index is 12.5. The molecule has 198 valence electrons. The standard InChI is InChI=1S/C29H47NO5/c1-28-15-13-25-23(24(28)11-9-19(28)6-5-7-26(32)33)10-8-20-16-22(12-14-29(20,25)2)35-27(34)17-21(18-31)30(3)4/h18-25H,5-17H2,1-4H3,(H,32,33). The molecule has 0 aromatic carbocycles. The Hall–Kier alpha value is -1.43. The van der Waals surface area contributed by atoms with Crippen molar-refractivity contribution in [1.82, 2.24) is 4.90 Å². The Bertz CT molecular complexity index is 798. The van der Waals surface area contributed by atoms with Crippen molar-refractivity contribution in [2.45, 2.75) is 109 Å². The topological polar surface area (TPSA) is 83.9 Å². The highest BCUT2D eigenvalue weighted by Gasteiger charge is 2.60. The third kappa shape index (κ3) is 5.19. The highest BCUT2D eigenvalue weighted by Crippen LogP contribution is 2.68. The molecule has 4 aliphatic rings. The second-order valence-electron chi connectivity index (χ2n) is 13.0. The van der Waals surface area contributed by atoms with E-state index in [4.69, 9.17) is 9.84 Å². The fraction of sp³-hybridized carbons (Fsp3) is 0.897. The molecule has 35 heavy (non-hydrogen) atoms. The lowest BCUT2D eigenvalue weighted by atomic mass is 9.44. The zero-order valence-electron chi connectivity index (χ0n) is 22.3. The van der Waals surface area contributed by atoms with Crippen LogP contribution in [-0.4, -0.2) is 54.5 Å². The van der Waals surface area contributed by atoms with Crippen LogP contribution in [0, 0.1) is 40.4 Å². The van der Waals surface area contributed by atoms with Crippen molar-refractivity contribution in [3.05, 3.63) is 0 Å². The Labute approximate surface area is 211 Å². The van der Waals surface area contributed by atoms with Crippen molar-refractivity contribution in [2.75, 3.05) is 14.1 Å². The minimum absolute atomic E-state index is 0.00876. The lowest BCUT2D eigenvalue weighted by molar-refractivity contribution is -0.163. The van der Waals surface area contributed by atoms with Crippen molar-refractivity contribution < 1.29 is 24.2 Å². The first-order valence-electron chi connectivity index (χ1n) is 14.1. The molecular weight excluding hydrogens is 442 g/mol. The number of aldehydes is 1. The molecule has 0 spiro atoms. The van der Waals surface area contributed by atoms with Crippen molar-refractivity contribution in [2.24, 2.45) is 40.4 Å². The van der Waals surface area contributed by atoms with Crippen molar-refractivity contribution in [1.29, 1.82) is 0 Å². The second kappa shape index (κ2) is 10.5. The number of likely N-dealkylation sites (N-methyl/N-ethyl adjacent to an activating group) is 1. The van der Waals surface area contributed by atoms with Gasteiger partial charge < -0.3 is 14.6 Å². The van der Waals surface area contributed by atoms with Gasteiger partial charge in [0.1, 0.15) is 12.4 Å². The van der Waals surface area contributed by atoms with Gasteiger partial charge in [-0.2, -0.15) is 0 Å². The number of esters is 1. The molecular formula is C29H47NO5. The number of hydrogen-bond donors (Lipinski definition) is 1. The van der Waals surface area contributed by atoms with Gasteiger partial charge in [0.05, 0.1) is 12.5 Å². The maximum Gasteiger partial charge on any atom is 0.308 e. The number of carbonyl (C=O) groups excluding carboxylic acids is 2. The molecule has 0 saturated heterocycles. The number of fused-ring (bicyclic) bond motifs is 5. The molecule has 4 aliphatic carbocycles. The molecule has 0 aromatic heterocycles. The molecule has 0 radical (unpaired) electrons. The van der Waals surface area contributed by atoms with Crippen molar-refractivity contribution in [3.63, 3.8) is 0 Å². The van der Waals surface area contributed by atoms with E-state index in [0.717, 1.165) is 56.1 Å². The minimum atomic E-state index is -0.665. The summed E-state index contributed by atoms with van der Waals surface area (Å²) in [4.78, 5) is 36.6. The van der Waals surface area contributed by atoms with Gasteiger partial charge in [0.2, 0.25) is 0 Å². The average Bonchev–Trinajstić information content (AvgIpc) is 3.13. The van der Waals surface area contributed by atoms with E-state index in [1.807, 2.05) is 14.1 Å². The summed E-state index contributed by atoms with van der Waals surface area (Å²) in [6.45, 7) is 5.06. The van der Waals surface area contributed by atoms with E-state index in [2.05, 4.69) is 13.8 Å². The third-order valence-corrected chi connectivity index (χ3v) is 11.3. The van der Waals surface area contributed by atoms with Crippen LogP contribution in [-0.2, 0) is 19.1 Å². The molecule has 6 nitrogen and oxygen atoms in total. The van der Waals surface area contributed by atoms with Crippen LogP contribution in [0.15, 0.2) is 0 Å². The van der Waals surface area contributed by atoms with E-state index < -0.39 is 12.0 Å². The monoisotopic (exact) mass is 489 g/mol. The summed E-state index contributed by atoms with van der Waals surface area (Å²) < 4.78 is 5.89. The van der Waals surface area contributed by atoms with Gasteiger partial charge in [-0.3, -0.25) is 14.5 Å². The van der Waals surface area contributed by atoms with Gasteiger partial charge in [-0.15, -0.1) is 0 Å². The third-order valence-electron chi connectivity index (χ3n) is 11.3. The van der Waals surface area contributed by atoms with E-state index in [1.54, 1.807) is 4.90 Å². The molecule has 6 heteroatoms. The Morgan fingerprint density at radius 1 is 1.03 bits per heavy atom. The summed E-state index contributed by atoms with van der Waals surface area (Å²) in [6, 6.07) is -0.414. The summed E-state index contributed by atoms with van der Waals surface area (Å²) in [6.07, 6.45) is 13.9. The number of aliphatic carboxylic acids is 1. The largest absolute Gasteiger partial charge is 0.481 e. The summed E-state index contributed by atoms with van der Waals surface area (Å²) in [5.41, 5.74) is 0.723. The number of carbonyl (C=O) groups is 3. The number of rotatable bonds is 9. The smallest absolute Gasteiger partial charge is 0.308 e. The quantitative estimate of drug-likeness (QED) is 0.348. The van der Waals surface area contributed by atoms with Gasteiger partial charge in [-0.1, -0.05) is 13.8 Å². The Balaban J connectivity index is 1.36. The zero-order valence-corrected chi connectivity index (χ0v) is 22.3. The highest BCUT2D eigenvalue weighted by atomic mass is 16.5. The molecule has 0 amide bonds. The zero-order chi connectivity index (χ0) is 25.4. The molecule has 9 unspecified atom stereocenters. The van der Waals surface area contributed by atoms with E-state index >= 15 is 0 Å². The average molecular weight is 490 g/mol. The van der Waals surface area contributed by atoms with Gasteiger partial charge in [-0.05, 0) is 125 Å². The molecule has 0 bridgehead atoms. The number of ether oxygens (including phenoxy) is 1. The molecule has 4 rings (SSSR count). The van der Waals surface area contributed by atoms with E-state index in [9.17, 15) is 14.4 Å². The van der Waals surface area contributed by atoms with Gasteiger partial charge in [-0.25, -0.2) is 0 Å². The van der Waals surface area contributed by atoms with Crippen LogP contribution >= 0.6 is 0 Å². The Morgan fingerprint density at radius 3 is 2.43 bits per heavy atom. The normalized spacial score (nSPS) is 41.4. The number of hydrogen-bond acceptors (Lipinski definition) is 5. The molecule has 9 atom stereocenters. The molecule has 4 fully saturated rings. The van der Waals surface area contributed by atoms with E-state index in [0.29, 0.717) is 29.1 Å². The summed E-state index contributed by atoms with van der Waals surface area (Å²) in [5.74, 6) is 2.74. The molecule has 4 saturated carbocycles. The molecule has 1 N–H and O–H groups in total. The first-order valence-corrected chi connectivity index (χ1v) is 14.1. The van der Waals surface area contributed by atoms with Crippen molar-refractivity contribution in [3.8, 4) is 0 Å². The fourth-order valence-corrected chi connectivity index (χ4v) is 9.17. The summed E-state index contributed by atoms with van der Waals surface area (Å²) in [7, 11) is 3.63. The maximum atomic E-state index is 12.5. The predicted octanol–water partition coefficient (Wildman–Crippen LogP) is 5.33. The first kappa shape index (κ1) is 26.6. The molecule has 0 aliphatic heterocycles. The SMILES string of the molecule is CN(C)C(C=O)CC(=O)OC1CCC2(C)C(CCC3C4CCC(CCCC(=O)O)C4(C)CCC32)C1. The van der Waals surface area contributed by atoms with E-state index in [1.165, 1.54) is 38.5 Å². The predicted molar refractivity (Wildman–Crippen MR) is 135 cm³/mol. The van der Waals surface area contributed by atoms with Gasteiger partial charge in [0, 0.05) is 6.42 Å². The van der Waals surface area contributed by atoms with Crippen LogP contribution in [0.1, 0.15) is 97.3 Å². The fourth-order valence-electron chi connectivity index (χ4n) is 9.17. The van der Waals surface area contributed by atoms with Crippen LogP contribution in [0.25, 0.3) is 0 Å². The highest BCUT2D eigenvalue weighted by molar-refractivity contribution is 5.75. The lowest BCUT2D eigenvalue weighted by Gasteiger charge is -2.61.